The number of nitrogens with one attached hydrogen (secondary N) is 2. The van der Waals surface area contributed by atoms with Gasteiger partial charge in [-0.1, -0.05) is 67.6 Å². The number of hydrogen-bond donors (Lipinski definition) is 3. The van der Waals surface area contributed by atoms with Gasteiger partial charge in [-0.25, -0.2) is 13.2 Å². The summed E-state index contributed by atoms with van der Waals surface area (Å²) in [7, 11) is -2.36. The number of anilines is 2. The number of rotatable bonds is 8. The van der Waals surface area contributed by atoms with Gasteiger partial charge in [-0.05, 0) is 42.6 Å². The average molecular weight is 617 g/mol. The molecule has 0 saturated heterocycles. The first-order valence-corrected chi connectivity index (χ1v) is 15.9. The second-order valence-corrected chi connectivity index (χ2v) is 12.7. The predicted molar refractivity (Wildman–Crippen MR) is 170 cm³/mol. The molecule has 0 aliphatic carbocycles. The highest BCUT2D eigenvalue weighted by Crippen LogP contribution is 2.36. The summed E-state index contributed by atoms with van der Waals surface area (Å²) < 4.78 is 35.6. The normalized spacial score (nSPS) is 17.5. The summed E-state index contributed by atoms with van der Waals surface area (Å²) >= 11 is 0. The molecule has 4 aromatic rings. The molecule has 0 spiro atoms. The molecule has 1 heterocycles. The van der Waals surface area contributed by atoms with Crippen LogP contribution in [-0.4, -0.2) is 74.2 Å². The van der Waals surface area contributed by atoms with Crippen molar-refractivity contribution >= 4 is 44.1 Å². The van der Waals surface area contributed by atoms with Gasteiger partial charge in [-0.15, -0.1) is 0 Å². The lowest BCUT2D eigenvalue weighted by atomic mass is 9.99. The predicted octanol–water partition coefficient (Wildman–Crippen LogP) is 5.02. The molecule has 1 aliphatic heterocycles. The number of fused-ring (bicyclic) bond motifs is 2. The van der Waals surface area contributed by atoms with E-state index in [9.17, 15) is 23.1 Å². The van der Waals surface area contributed by atoms with Crippen molar-refractivity contribution in [2.45, 2.75) is 30.9 Å². The van der Waals surface area contributed by atoms with Crippen LogP contribution in [0.4, 0.5) is 16.2 Å². The molecule has 3 amide bonds. The van der Waals surface area contributed by atoms with Crippen LogP contribution in [0.25, 0.3) is 10.8 Å². The van der Waals surface area contributed by atoms with Crippen molar-refractivity contribution in [3.63, 3.8) is 0 Å². The molecule has 5 rings (SSSR count). The summed E-state index contributed by atoms with van der Waals surface area (Å²) in [6.45, 7) is 3.77. The fraction of sp³-hybridized carbons (Fsp3) is 0.273. The summed E-state index contributed by atoms with van der Waals surface area (Å²) in [4.78, 5) is 30.3. The van der Waals surface area contributed by atoms with E-state index in [1.54, 1.807) is 49.2 Å². The zero-order chi connectivity index (χ0) is 31.4. The standard InChI is InChI=1S/C33H36N4O6S/c1-22-19-37(23(2)21-38)32(39)27-16-10-18-29(35-44(41,42)25-13-5-4-6-14-25)31(27)43-30(22)20-36(3)33(40)34-28-17-9-12-24-11-7-8-15-26(24)28/h4-18,22-23,30,35,38H,19-21H2,1-3H3,(H,34,40)/t22-,23+,30-/m1/s1. The van der Waals surface area contributed by atoms with Crippen molar-refractivity contribution in [2.75, 3.05) is 36.8 Å². The first-order chi connectivity index (χ1) is 21.1. The van der Waals surface area contributed by atoms with Crippen LogP contribution >= 0.6 is 0 Å². The van der Waals surface area contributed by atoms with Gasteiger partial charge >= 0.3 is 6.03 Å². The van der Waals surface area contributed by atoms with Gasteiger partial charge < -0.3 is 25.0 Å². The Bertz CT molecular complexity index is 1760. The van der Waals surface area contributed by atoms with Crippen LogP contribution in [0.1, 0.15) is 24.2 Å². The van der Waals surface area contributed by atoms with E-state index in [2.05, 4.69) is 10.0 Å². The summed E-state index contributed by atoms with van der Waals surface area (Å²) in [6.07, 6.45) is -0.638. The van der Waals surface area contributed by atoms with Crippen molar-refractivity contribution < 1.29 is 27.9 Å². The van der Waals surface area contributed by atoms with Gasteiger partial charge in [0.15, 0.2) is 5.75 Å². The highest BCUT2D eigenvalue weighted by atomic mass is 32.2. The number of urea groups is 1. The number of aliphatic hydroxyl groups is 1. The molecule has 1 aliphatic rings. The lowest BCUT2D eigenvalue weighted by Crippen LogP contribution is -2.50. The van der Waals surface area contributed by atoms with Crippen LogP contribution in [0.15, 0.2) is 95.9 Å². The van der Waals surface area contributed by atoms with E-state index in [-0.39, 0.29) is 53.5 Å². The summed E-state index contributed by atoms with van der Waals surface area (Å²) in [5.41, 5.74) is 0.916. The molecule has 0 aromatic heterocycles. The number of amides is 3. The van der Waals surface area contributed by atoms with Gasteiger partial charge in [-0.2, -0.15) is 0 Å². The molecule has 44 heavy (non-hydrogen) atoms. The number of aliphatic hydroxyl groups excluding tert-OH is 1. The number of carbonyl (C=O) groups is 2. The topological polar surface area (TPSA) is 128 Å². The Hall–Kier alpha value is -4.61. The molecular formula is C33H36N4O6S. The maximum Gasteiger partial charge on any atom is 0.321 e. The Morgan fingerprint density at radius 3 is 2.41 bits per heavy atom. The number of likely N-dealkylation sites (N-methyl/N-ethyl adjacent to an activating group) is 1. The van der Waals surface area contributed by atoms with Crippen LogP contribution < -0.4 is 14.8 Å². The Labute approximate surface area is 257 Å². The average Bonchev–Trinajstić information content (AvgIpc) is 3.03. The monoisotopic (exact) mass is 616 g/mol. The molecule has 0 radical (unpaired) electrons. The number of carbonyl (C=O) groups excluding carboxylic acids is 2. The lowest BCUT2D eigenvalue weighted by molar-refractivity contribution is 0.0373. The number of para-hydroxylation sites is 1. The molecule has 230 valence electrons. The first-order valence-electron chi connectivity index (χ1n) is 14.4. The number of sulfonamides is 1. The van der Waals surface area contributed by atoms with Gasteiger partial charge in [0, 0.05) is 24.9 Å². The highest BCUT2D eigenvalue weighted by molar-refractivity contribution is 7.92. The molecule has 0 unspecified atom stereocenters. The molecular weight excluding hydrogens is 580 g/mol. The van der Waals surface area contributed by atoms with E-state index in [1.807, 2.05) is 49.4 Å². The van der Waals surface area contributed by atoms with Gasteiger partial charge in [0.2, 0.25) is 0 Å². The third-order valence-electron chi connectivity index (χ3n) is 7.82. The molecule has 0 bridgehead atoms. The summed E-state index contributed by atoms with van der Waals surface area (Å²) in [5.74, 6) is -0.631. The fourth-order valence-corrected chi connectivity index (χ4v) is 6.33. The Balaban J connectivity index is 1.47. The quantitative estimate of drug-likeness (QED) is 0.255. The van der Waals surface area contributed by atoms with E-state index in [0.717, 1.165) is 10.8 Å². The molecule has 11 heteroatoms. The van der Waals surface area contributed by atoms with Crippen LogP contribution in [0.3, 0.4) is 0 Å². The number of nitrogens with zero attached hydrogens (tertiary/aromatic N) is 2. The molecule has 0 fully saturated rings. The van der Waals surface area contributed by atoms with E-state index < -0.39 is 28.1 Å². The van der Waals surface area contributed by atoms with Crippen LogP contribution in [0.5, 0.6) is 5.75 Å². The third kappa shape index (κ3) is 6.48. The maximum atomic E-state index is 13.8. The molecule has 10 nitrogen and oxygen atoms in total. The fourth-order valence-electron chi connectivity index (χ4n) is 5.24. The summed E-state index contributed by atoms with van der Waals surface area (Å²) in [5, 5.41) is 14.8. The first kappa shape index (κ1) is 30.8. The van der Waals surface area contributed by atoms with Gasteiger partial charge in [0.05, 0.1) is 41.0 Å². The van der Waals surface area contributed by atoms with Gasteiger partial charge in [0.1, 0.15) is 6.10 Å². The van der Waals surface area contributed by atoms with Gasteiger partial charge in [0.25, 0.3) is 15.9 Å². The SMILES string of the molecule is C[C@@H]1CN([C@@H](C)CO)C(=O)c2cccc(NS(=O)(=O)c3ccccc3)c2O[C@@H]1CN(C)C(=O)Nc1cccc2ccccc12. The minimum Gasteiger partial charge on any atom is -0.485 e. The Morgan fingerprint density at radius 1 is 1.00 bits per heavy atom. The maximum absolute atomic E-state index is 13.8. The van der Waals surface area contributed by atoms with E-state index >= 15 is 0 Å². The molecule has 3 N–H and O–H groups in total. The smallest absolute Gasteiger partial charge is 0.321 e. The second-order valence-electron chi connectivity index (χ2n) is 11.1. The minimum absolute atomic E-state index is 0.0556. The van der Waals surface area contributed by atoms with Crippen molar-refractivity contribution in [1.29, 1.82) is 0 Å². The zero-order valence-electron chi connectivity index (χ0n) is 24.8. The van der Waals surface area contributed by atoms with Crippen LogP contribution in [-0.2, 0) is 10.0 Å². The lowest BCUT2D eigenvalue weighted by Gasteiger charge is -2.38. The highest BCUT2D eigenvalue weighted by Gasteiger charge is 2.35. The molecule has 0 saturated carbocycles. The second kappa shape index (κ2) is 12.9. The van der Waals surface area contributed by atoms with E-state index in [4.69, 9.17) is 4.74 Å². The Morgan fingerprint density at radius 2 is 1.66 bits per heavy atom. The van der Waals surface area contributed by atoms with Gasteiger partial charge in [-0.3, -0.25) is 9.52 Å². The van der Waals surface area contributed by atoms with Crippen molar-refractivity contribution in [1.82, 2.24) is 9.80 Å². The third-order valence-corrected chi connectivity index (χ3v) is 9.20. The van der Waals surface area contributed by atoms with Crippen molar-refractivity contribution in [2.24, 2.45) is 5.92 Å². The Kier molecular flexibility index (Phi) is 9.07. The zero-order valence-corrected chi connectivity index (χ0v) is 25.6. The molecule has 3 atom stereocenters. The largest absolute Gasteiger partial charge is 0.485 e. The van der Waals surface area contributed by atoms with E-state index in [1.165, 1.54) is 23.1 Å². The van der Waals surface area contributed by atoms with Crippen molar-refractivity contribution in [3.05, 3.63) is 96.6 Å². The van der Waals surface area contributed by atoms with Crippen molar-refractivity contribution in [3.8, 4) is 5.75 Å². The van der Waals surface area contributed by atoms with Crippen LogP contribution in [0.2, 0.25) is 0 Å². The minimum atomic E-state index is -4.01. The van der Waals surface area contributed by atoms with Crippen LogP contribution in [0, 0.1) is 5.92 Å². The number of ether oxygens (including phenoxy) is 1. The number of hydrogen-bond acceptors (Lipinski definition) is 6. The number of benzene rings is 4. The molecule has 4 aromatic carbocycles. The van der Waals surface area contributed by atoms with E-state index in [0.29, 0.717) is 5.69 Å². The summed E-state index contributed by atoms with van der Waals surface area (Å²) in [6, 6.07) is 25.2.